The molecule has 2 atom stereocenters. The van der Waals surface area contributed by atoms with Crippen LogP contribution < -0.4 is 15.0 Å². The van der Waals surface area contributed by atoms with E-state index in [0.717, 1.165) is 49.9 Å². The fourth-order valence-electron chi connectivity index (χ4n) is 2.86. The first-order valence-corrected chi connectivity index (χ1v) is 6.85. The van der Waals surface area contributed by atoms with Crippen molar-refractivity contribution < 1.29 is 9.47 Å². The molecule has 1 N–H and O–H groups in total. The Bertz CT molecular complexity index is 442. The number of nitrogens with one attached hydrogen (secondary N) is 1. The molecule has 6 heteroatoms. The molecule has 2 unspecified atom stereocenters. The zero-order valence-corrected chi connectivity index (χ0v) is 11.4. The average molecular weight is 264 g/mol. The van der Waals surface area contributed by atoms with E-state index in [1.807, 2.05) is 6.92 Å². The normalized spacial score (nSPS) is 25.5. The molecule has 104 valence electrons. The quantitative estimate of drug-likeness (QED) is 0.884. The summed E-state index contributed by atoms with van der Waals surface area (Å²) < 4.78 is 11.4. The van der Waals surface area contributed by atoms with Crippen molar-refractivity contribution in [3.8, 4) is 5.75 Å². The monoisotopic (exact) mass is 264 g/mol. The highest BCUT2D eigenvalue weighted by Gasteiger charge is 2.35. The van der Waals surface area contributed by atoms with Crippen LogP contribution in [-0.4, -0.2) is 48.9 Å². The summed E-state index contributed by atoms with van der Waals surface area (Å²) in [6.07, 6.45) is 4.55. The molecule has 2 fully saturated rings. The van der Waals surface area contributed by atoms with Gasteiger partial charge >= 0.3 is 0 Å². The Balaban J connectivity index is 1.89. The second kappa shape index (κ2) is 5.21. The molecule has 0 amide bonds. The van der Waals surface area contributed by atoms with Gasteiger partial charge in [0.25, 0.3) is 0 Å². The maximum absolute atomic E-state index is 5.86. The lowest BCUT2D eigenvalue weighted by Crippen LogP contribution is -2.43. The largest absolute Gasteiger partial charge is 0.490 e. The maximum Gasteiger partial charge on any atom is 0.204 e. The van der Waals surface area contributed by atoms with Gasteiger partial charge in [0.2, 0.25) is 5.75 Å². The SMILES string of the molecule is CCNc1ncnc(N2CC3CCC(C2)O3)c1OC. The third-order valence-corrected chi connectivity index (χ3v) is 3.68. The van der Waals surface area contributed by atoms with Gasteiger partial charge < -0.3 is 19.7 Å². The number of methoxy groups -OCH3 is 1. The standard InChI is InChI=1S/C13H20N4O2/c1-3-14-12-11(18-2)13(16-8-15-12)17-6-9-4-5-10(7-17)19-9/h8-10H,3-7H2,1-2H3,(H,14,15,16). The second-order valence-electron chi connectivity index (χ2n) is 4.97. The highest BCUT2D eigenvalue weighted by atomic mass is 16.5. The molecule has 0 spiro atoms. The number of morpholine rings is 1. The molecule has 2 saturated heterocycles. The van der Waals surface area contributed by atoms with Crippen LogP contribution in [0, 0.1) is 0 Å². The number of fused-ring (bicyclic) bond motifs is 2. The van der Waals surface area contributed by atoms with Gasteiger partial charge in [-0.2, -0.15) is 0 Å². The van der Waals surface area contributed by atoms with Crippen LogP contribution in [0.25, 0.3) is 0 Å². The van der Waals surface area contributed by atoms with Crippen LogP contribution in [-0.2, 0) is 4.74 Å². The van der Waals surface area contributed by atoms with Crippen LogP contribution in [0.1, 0.15) is 19.8 Å². The van der Waals surface area contributed by atoms with Crippen LogP contribution in [0.2, 0.25) is 0 Å². The fraction of sp³-hybridized carbons (Fsp3) is 0.692. The Morgan fingerprint density at radius 1 is 1.37 bits per heavy atom. The third-order valence-electron chi connectivity index (χ3n) is 3.68. The van der Waals surface area contributed by atoms with Crippen molar-refractivity contribution in [3.05, 3.63) is 6.33 Å². The predicted molar refractivity (Wildman–Crippen MR) is 72.9 cm³/mol. The molecule has 0 aliphatic carbocycles. The van der Waals surface area contributed by atoms with Gasteiger partial charge in [0, 0.05) is 19.6 Å². The Kier molecular flexibility index (Phi) is 3.42. The van der Waals surface area contributed by atoms with Gasteiger partial charge in [0.1, 0.15) is 6.33 Å². The fourth-order valence-corrected chi connectivity index (χ4v) is 2.86. The molecule has 19 heavy (non-hydrogen) atoms. The summed E-state index contributed by atoms with van der Waals surface area (Å²) in [4.78, 5) is 10.9. The summed E-state index contributed by atoms with van der Waals surface area (Å²) in [6, 6.07) is 0. The van der Waals surface area contributed by atoms with E-state index in [2.05, 4.69) is 20.2 Å². The number of aromatic nitrogens is 2. The molecule has 2 bridgehead atoms. The van der Waals surface area contributed by atoms with Crippen LogP contribution in [0.3, 0.4) is 0 Å². The molecule has 3 heterocycles. The van der Waals surface area contributed by atoms with Crippen molar-refractivity contribution in [1.29, 1.82) is 0 Å². The van der Waals surface area contributed by atoms with Crippen molar-refractivity contribution in [2.75, 3.05) is 37.0 Å². The first-order valence-electron chi connectivity index (χ1n) is 6.85. The van der Waals surface area contributed by atoms with Crippen LogP contribution in [0.5, 0.6) is 5.75 Å². The lowest BCUT2D eigenvalue weighted by atomic mass is 10.2. The number of hydrogen-bond acceptors (Lipinski definition) is 6. The van der Waals surface area contributed by atoms with Crippen molar-refractivity contribution in [2.45, 2.75) is 32.0 Å². The Morgan fingerprint density at radius 2 is 2.11 bits per heavy atom. The molecule has 0 aromatic carbocycles. The van der Waals surface area contributed by atoms with Crippen molar-refractivity contribution in [3.63, 3.8) is 0 Å². The molecule has 1 aromatic rings. The van der Waals surface area contributed by atoms with Crippen LogP contribution >= 0.6 is 0 Å². The average Bonchev–Trinajstić information content (AvgIpc) is 2.77. The minimum absolute atomic E-state index is 0.334. The van der Waals surface area contributed by atoms with Crippen LogP contribution in [0.15, 0.2) is 6.33 Å². The summed E-state index contributed by atoms with van der Waals surface area (Å²) in [5.74, 6) is 2.35. The second-order valence-corrected chi connectivity index (χ2v) is 4.97. The minimum atomic E-state index is 0.334. The Morgan fingerprint density at radius 3 is 2.74 bits per heavy atom. The van der Waals surface area contributed by atoms with E-state index in [1.165, 1.54) is 0 Å². The van der Waals surface area contributed by atoms with E-state index < -0.39 is 0 Å². The zero-order valence-electron chi connectivity index (χ0n) is 11.4. The molecular formula is C13H20N4O2. The molecule has 3 rings (SSSR count). The number of ether oxygens (including phenoxy) is 2. The van der Waals surface area contributed by atoms with E-state index >= 15 is 0 Å². The van der Waals surface area contributed by atoms with Gasteiger partial charge in [-0.25, -0.2) is 9.97 Å². The summed E-state index contributed by atoms with van der Waals surface area (Å²) in [6.45, 7) is 4.61. The number of nitrogens with zero attached hydrogens (tertiary/aromatic N) is 3. The summed E-state index contributed by atoms with van der Waals surface area (Å²) >= 11 is 0. The molecule has 0 saturated carbocycles. The van der Waals surface area contributed by atoms with Gasteiger partial charge in [-0.15, -0.1) is 0 Å². The highest BCUT2D eigenvalue weighted by Crippen LogP contribution is 2.36. The molecular weight excluding hydrogens is 244 g/mol. The van der Waals surface area contributed by atoms with Crippen molar-refractivity contribution in [1.82, 2.24) is 9.97 Å². The first-order chi connectivity index (χ1) is 9.31. The smallest absolute Gasteiger partial charge is 0.204 e. The zero-order chi connectivity index (χ0) is 13.2. The predicted octanol–water partition coefficient (Wildman–Crippen LogP) is 1.28. The molecule has 6 nitrogen and oxygen atoms in total. The topological polar surface area (TPSA) is 59.5 Å². The van der Waals surface area contributed by atoms with Gasteiger partial charge in [-0.05, 0) is 19.8 Å². The van der Waals surface area contributed by atoms with E-state index in [-0.39, 0.29) is 0 Å². The maximum atomic E-state index is 5.86. The van der Waals surface area contributed by atoms with E-state index in [1.54, 1.807) is 13.4 Å². The Hall–Kier alpha value is -1.56. The minimum Gasteiger partial charge on any atom is -0.490 e. The molecule has 0 radical (unpaired) electrons. The Labute approximate surface area is 113 Å². The van der Waals surface area contributed by atoms with Gasteiger partial charge in [0.15, 0.2) is 11.6 Å². The van der Waals surface area contributed by atoms with Gasteiger partial charge in [0.05, 0.1) is 19.3 Å². The van der Waals surface area contributed by atoms with Gasteiger partial charge in [-0.1, -0.05) is 0 Å². The summed E-state index contributed by atoms with van der Waals surface area (Å²) in [5, 5.41) is 3.21. The number of rotatable bonds is 4. The van der Waals surface area contributed by atoms with E-state index in [9.17, 15) is 0 Å². The van der Waals surface area contributed by atoms with Gasteiger partial charge in [-0.3, -0.25) is 0 Å². The lowest BCUT2D eigenvalue weighted by Gasteiger charge is -2.33. The number of hydrogen-bond donors (Lipinski definition) is 1. The van der Waals surface area contributed by atoms with E-state index in [0.29, 0.717) is 12.2 Å². The third kappa shape index (κ3) is 2.32. The summed E-state index contributed by atoms with van der Waals surface area (Å²) in [7, 11) is 1.66. The summed E-state index contributed by atoms with van der Waals surface area (Å²) in [5.41, 5.74) is 0. The highest BCUT2D eigenvalue weighted by molar-refractivity contribution is 5.65. The lowest BCUT2D eigenvalue weighted by molar-refractivity contribution is 0.0300. The molecule has 2 aliphatic heterocycles. The van der Waals surface area contributed by atoms with Crippen LogP contribution in [0.4, 0.5) is 11.6 Å². The van der Waals surface area contributed by atoms with Crippen molar-refractivity contribution >= 4 is 11.6 Å². The molecule has 1 aromatic heterocycles. The first kappa shape index (κ1) is 12.5. The van der Waals surface area contributed by atoms with E-state index in [4.69, 9.17) is 9.47 Å². The van der Waals surface area contributed by atoms with Crippen molar-refractivity contribution in [2.24, 2.45) is 0 Å². The molecule has 2 aliphatic rings. The number of anilines is 2.